The molecule has 0 radical (unpaired) electrons. The summed E-state index contributed by atoms with van der Waals surface area (Å²) in [6, 6.07) is 9.27. The van der Waals surface area contributed by atoms with Gasteiger partial charge < -0.3 is 0 Å². The molecule has 2 rings (SSSR count). The highest BCUT2D eigenvalue weighted by Crippen LogP contribution is 2.36. The predicted molar refractivity (Wildman–Crippen MR) is 70.4 cm³/mol. The maximum atomic E-state index is 12.8. The molecule has 0 amide bonds. The van der Waals surface area contributed by atoms with Gasteiger partial charge in [0.1, 0.15) is 0 Å². The highest BCUT2D eigenvalue weighted by atomic mass is 19.4. The van der Waals surface area contributed by atoms with Gasteiger partial charge in [0.05, 0.1) is 22.8 Å². The molecule has 0 aromatic heterocycles. The monoisotopic (exact) mass is 329 g/mol. The van der Waals surface area contributed by atoms with E-state index in [1.807, 2.05) is 6.07 Å². The molecule has 0 saturated heterocycles. The molecule has 7 heteroatoms. The first kappa shape index (κ1) is 16.9. The van der Waals surface area contributed by atoms with E-state index in [2.05, 4.69) is 0 Å². The molecule has 23 heavy (non-hydrogen) atoms. The van der Waals surface area contributed by atoms with Crippen LogP contribution >= 0.6 is 0 Å². The van der Waals surface area contributed by atoms with E-state index in [1.54, 1.807) is 0 Å². The molecular weight excluding hydrogens is 320 g/mol. The van der Waals surface area contributed by atoms with Crippen LogP contribution < -0.4 is 0 Å². The van der Waals surface area contributed by atoms with E-state index in [0.29, 0.717) is 23.3 Å². The minimum Gasteiger partial charge on any atom is -0.192 e. The predicted octanol–water partition coefficient (Wildman–Crippen LogP) is 5.19. The molecule has 0 atom stereocenters. The van der Waals surface area contributed by atoms with Crippen LogP contribution in [0.4, 0.5) is 26.3 Å². The Labute approximate surface area is 127 Å². The van der Waals surface area contributed by atoms with E-state index >= 15 is 0 Å². The van der Waals surface area contributed by atoms with Crippen molar-refractivity contribution < 1.29 is 26.3 Å². The number of halogens is 6. The summed E-state index contributed by atoms with van der Waals surface area (Å²) in [4.78, 5) is 0. The maximum Gasteiger partial charge on any atom is 0.416 e. The quantitative estimate of drug-likeness (QED) is 0.696. The summed E-state index contributed by atoms with van der Waals surface area (Å²) >= 11 is 0. The molecule has 0 unspecified atom stereocenters. The molecule has 0 aliphatic carbocycles. The largest absolute Gasteiger partial charge is 0.416 e. The van der Waals surface area contributed by atoms with Gasteiger partial charge >= 0.3 is 12.4 Å². The molecule has 2 aromatic carbocycles. The van der Waals surface area contributed by atoms with Crippen LogP contribution in [0.25, 0.3) is 0 Å². The van der Waals surface area contributed by atoms with E-state index in [-0.39, 0.29) is 18.1 Å². The molecule has 0 aliphatic rings. The Morgan fingerprint density at radius 1 is 0.739 bits per heavy atom. The van der Waals surface area contributed by atoms with E-state index in [1.165, 1.54) is 24.3 Å². The van der Waals surface area contributed by atoms with E-state index in [4.69, 9.17) is 5.26 Å². The number of hydrogen-bond donors (Lipinski definition) is 0. The summed E-state index contributed by atoms with van der Waals surface area (Å²) < 4.78 is 76.6. The first-order chi connectivity index (χ1) is 10.6. The number of benzene rings is 2. The van der Waals surface area contributed by atoms with Gasteiger partial charge in [-0.25, -0.2) is 0 Å². The third-order valence-corrected chi connectivity index (χ3v) is 3.14. The van der Waals surface area contributed by atoms with E-state index in [9.17, 15) is 26.3 Å². The SMILES string of the molecule is N#Cc1ccc(Cc2cc(C(F)(F)F)cc(C(F)(F)F)c2)cc1. The maximum absolute atomic E-state index is 12.8. The van der Waals surface area contributed by atoms with Crippen LogP contribution in [0, 0.1) is 11.3 Å². The average molecular weight is 329 g/mol. The van der Waals surface area contributed by atoms with Crippen LogP contribution in [-0.2, 0) is 18.8 Å². The number of nitriles is 1. The Hall–Kier alpha value is -2.49. The summed E-state index contributed by atoms with van der Waals surface area (Å²) in [7, 11) is 0. The van der Waals surface area contributed by atoms with Gasteiger partial charge in [0, 0.05) is 0 Å². The molecule has 120 valence electrons. The lowest BCUT2D eigenvalue weighted by Crippen LogP contribution is -2.12. The van der Waals surface area contributed by atoms with Gasteiger partial charge in [-0.15, -0.1) is 0 Å². The number of alkyl halides is 6. The van der Waals surface area contributed by atoms with E-state index < -0.39 is 23.5 Å². The second-order valence-corrected chi connectivity index (χ2v) is 4.90. The lowest BCUT2D eigenvalue weighted by atomic mass is 9.98. The molecule has 0 saturated carbocycles. The Kier molecular flexibility index (Phi) is 4.37. The summed E-state index contributed by atoms with van der Waals surface area (Å²) in [6.07, 6.45) is -9.82. The Bertz CT molecular complexity index is 703. The number of rotatable bonds is 2. The fourth-order valence-electron chi connectivity index (χ4n) is 2.05. The summed E-state index contributed by atoms with van der Waals surface area (Å²) in [6.45, 7) is 0. The Morgan fingerprint density at radius 2 is 1.22 bits per heavy atom. The van der Waals surface area contributed by atoms with Gasteiger partial charge in [-0.3, -0.25) is 0 Å². The minimum absolute atomic E-state index is 0.0985. The van der Waals surface area contributed by atoms with Gasteiger partial charge in [-0.05, 0) is 47.9 Å². The van der Waals surface area contributed by atoms with Gasteiger partial charge in [-0.2, -0.15) is 31.6 Å². The van der Waals surface area contributed by atoms with Crippen molar-refractivity contribution in [3.8, 4) is 6.07 Å². The topological polar surface area (TPSA) is 23.8 Å². The first-order valence-corrected chi connectivity index (χ1v) is 6.37. The fourth-order valence-corrected chi connectivity index (χ4v) is 2.05. The van der Waals surface area contributed by atoms with Crippen molar-refractivity contribution in [2.75, 3.05) is 0 Å². The Morgan fingerprint density at radius 3 is 1.61 bits per heavy atom. The lowest BCUT2D eigenvalue weighted by Gasteiger charge is -2.14. The zero-order chi connectivity index (χ0) is 17.3. The first-order valence-electron chi connectivity index (χ1n) is 6.37. The normalized spacial score (nSPS) is 12.0. The molecule has 0 spiro atoms. The zero-order valence-corrected chi connectivity index (χ0v) is 11.5. The molecule has 0 fully saturated rings. The molecule has 1 nitrogen and oxygen atoms in total. The smallest absolute Gasteiger partial charge is 0.192 e. The van der Waals surface area contributed by atoms with Gasteiger partial charge in [0.2, 0.25) is 0 Å². The van der Waals surface area contributed by atoms with Crippen LogP contribution in [0.1, 0.15) is 27.8 Å². The number of nitrogens with zero attached hydrogens (tertiary/aromatic N) is 1. The standard InChI is InChI=1S/C16H9F6N/c17-15(18,19)13-6-12(7-14(8-13)16(20,21)22)5-10-1-3-11(9-23)4-2-10/h1-4,6-8H,5H2. The van der Waals surface area contributed by atoms with Crippen molar-refractivity contribution in [1.29, 1.82) is 5.26 Å². The average Bonchev–Trinajstić information content (AvgIpc) is 2.46. The van der Waals surface area contributed by atoms with Gasteiger partial charge in [0.15, 0.2) is 0 Å². The van der Waals surface area contributed by atoms with Gasteiger partial charge in [-0.1, -0.05) is 12.1 Å². The summed E-state index contributed by atoms with van der Waals surface area (Å²) in [5.41, 5.74) is -1.91. The highest BCUT2D eigenvalue weighted by molar-refractivity contribution is 5.38. The molecule has 0 N–H and O–H groups in total. The second kappa shape index (κ2) is 5.95. The van der Waals surface area contributed by atoms with Crippen molar-refractivity contribution >= 4 is 0 Å². The Balaban J connectivity index is 2.42. The van der Waals surface area contributed by atoms with Crippen LogP contribution in [0.3, 0.4) is 0 Å². The van der Waals surface area contributed by atoms with Crippen LogP contribution in [0.15, 0.2) is 42.5 Å². The molecule has 0 bridgehead atoms. The third kappa shape index (κ3) is 4.25. The van der Waals surface area contributed by atoms with Crippen molar-refractivity contribution in [1.82, 2.24) is 0 Å². The van der Waals surface area contributed by atoms with Crippen LogP contribution in [0.5, 0.6) is 0 Å². The molecule has 0 heterocycles. The van der Waals surface area contributed by atoms with Crippen molar-refractivity contribution in [3.63, 3.8) is 0 Å². The van der Waals surface area contributed by atoms with E-state index in [0.717, 1.165) is 0 Å². The highest BCUT2D eigenvalue weighted by Gasteiger charge is 2.36. The molecule has 2 aromatic rings. The molecule has 0 aliphatic heterocycles. The van der Waals surface area contributed by atoms with Crippen molar-refractivity contribution in [2.45, 2.75) is 18.8 Å². The van der Waals surface area contributed by atoms with Crippen LogP contribution in [0.2, 0.25) is 0 Å². The van der Waals surface area contributed by atoms with Crippen molar-refractivity contribution in [2.24, 2.45) is 0 Å². The number of hydrogen-bond acceptors (Lipinski definition) is 1. The van der Waals surface area contributed by atoms with Gasteiger partial charge in [0.25, 0.3) is 0 Å². The summed E-state index contributed by atoms with van der Waals surface area (Å²) in [5.74, 6) is 0. The molecular formula is C16H9F6N. The summed E-state index contributed by atoms with van der Waals surface area (Å²) in [5, 5.41) is 8.67. The van der Waals surface area contributed by atoms with Crippen molar-refractivity contribution in [3.05, 3.63) is 70.3 Å². The third-order valence-electron chi connectivity index (χ3n) is 3.14. The fraction of sp³-hybridized carbons (Fsp3) is 0.188. The minimum atomic E-state index is -4.86. The second-order valence-electron chi connectivity index (χ2n) is 4.90. The lowest BCUT2D eigenvalue weighted by molar-refractivity contribution is -0.143. The van der Waals surface area contributed by atoms with Crippen LogP contribution in [-0.4, -0.2) is 0 Å². The zero-order valence-electron chi connectivity index (χ0n) is 11.5.